The second-order valence-electron chi connectivity index (χ2n) is 3.62. The van der Waals surface area contributed by atoms with Gasteiger partial charge in [-0.3, -0.25) is 10.7 Å². The molecule has 2 N–H and O–H groups in total. The Balaban J connectivity index is 2.23. The van der Waals surface area contributed by atoms with Crippen LogP contribution in [0.5, 0.6) is 0 Å². The molecule has 88 valence electrons. The lowest BCUT2D eigenvalue weighted by Gasteiger charge is -2.02. The Morgan fingerprint density at radius 2 is 1.56 bits per heavy atom. The predicted molar refractivity (Wildman–Crippen MR) is 69.7 cm³/mol. The van der Waals surface area contributed by atoms with Crippen molar-refractivity contribution >= 4 is 12.0 Å². The van der Waals surface area contributed by atoms with Gasteiger partial charge in [0.25, 0.3) is 0 Å². The maximum absolute atomic E-state index is 8.73. The Morgan fingerprint density at radius 1 is 1.00 bits per heavy atom. The number of nitrogens with one attached hydrogen (secondary N) is 1. The molecule has 18 heavy (non-hydrogen) atoms. The van der Waals surface area contributed by atoms with Crippen molar-refractivity contribution < 1.29 is 5.21 Å². The third-order valence-corrected chi connectivity index (χ3v) is 2.49. The number of nitrogens with zero attached hydrogens (tertiary/aromatic N) is 2. The molecular weight excluding hydrogens is 226 g/mol. The van der Waals surface area contributed by atoms with Gasteiger partial charge in [-0.1, -0.05) is 24.3 Å². The molecule has 0 radical (unpaired) electrons. The Labute approximate surface area is 105 Å². The zero-order valence-corrected chi connectivity index (χ0v) is 9.54. The van der Waals surface area contributed by atoms with Crippen molar-refractivity contribution in [1.29, 1.82) is 5.26 Å². The normalized spacial score (nSPS) is 10.2. The van der Waals surface area contributed by atoms with E-state index in [9.17, 15) is 0 Å². The lowest BCUT2D eigenvalue weighted by molar-refractivity contribution is 0.240. The summed E-state index contributed by atoms with van der Waals surface area (Å²) in [6.45, 7) is 0. The van der Waals surface area contributed by atoms with Crippen LogP contribution in [0.4, 0.5) is 5.69 Å². The van der Waals surface area contributed by atoms with Crippen LogP contribution in [0.15, 0.2) is 53.5 Å². The molecule has 0 fully saturated rings. The van der Waals surface area contributed by atoms with E-state index in [0.29, 0.717) is 5.56 Å². The smallest absolute Gasteiger partial charge is 0.113 e. The summed E-state index contributed by atoms with van der Waals surface area (Å²) in [5.74, 6) is 0. The molecule has 0 saturated carbocycles. The third kappa shape index (κ3) is 2.73. The standard InChI is InChI=1S/C14H11N3O/c15-9-11-1-3-12(4-2-11)13-5-7-14(8-6-13)16-10-17-18/h1-8,10,18H,(H,16,17). The van der Waals surface area contributed by atoms with Crippen molar-refractivity contribution in [2.24, 2.45) is 4.99 Å². The quantitative estimate of drug-likeness (QED) is 0.490. The molecule has 0 amide bonds. The van der Waals surface area contributed by atoms with Gasteiger partial charge < -0.3 is 0 Å². The van der Waals surface area contributed by atoms with Gasteiger partial charge in [0.05, 0.1) is 17.3 Å². The monoisotopic (exact) mass is 237 g/mol. The zero-order valence-electron chi connectivity index (χ0n) is 9.54. The highest BCUT2D eigenvalue weighted by Crippen LogP contribution is 2.22. The van der Waals surface area contributed by atoms with Crippen molar-refractivity contribution in [3.8, 4) is 17.2 Å². The SMILES string of the molecule is N#Cc1ccc(-c2ccc(N=CNO)cc2)cc1. The fourth-order valence-electron chi connectivity index (χ4n) is 1.58. The van der Waals surface area contributed by atoms with Crippen molar-refractivity contribution in [1.82, 2.24) is 5.48 Å². The van der Waals surface area contributed by atoms with Gasteiger partial charge >= 0.3 is 0 Å². The van der Waals surface area contributed by atoms with Crippen molar-refractivity contribution in [3.05, 3.63) is 54.1 Å². The van der Waals surface area contributed by atoms with E-state index in [0.717, 1.165) is 16.8 Å². The van der Waals surface area contributed by atoms with Crippen molar-refractivity contribution in [2.45, 2.75) is 0 Å². The number of hydrogen-bond acceptors (Lipinski definition) is 3. The summed E-state index contributed by atoms with van der Waals surface area (Å²) < 4.78 is 0. The van der Waals surface area contributed by atoms with E-state index < -0.39 is 0 Å². The molecule has 0 aliphatic carbocycles. The van der Waals surface area contributed by atoms with Gasteiger partial charge in [0.2, 0.25) is 0 Å². The molecule has 0 aromatic heterocycles. The summed E-state index contributed by atoms with van der Waals surface area (Å²) in [5, 5.41) is 17.1. The first-order valence-electron chi connectivity index (χ1n) is 5.36. The number of rotatable bonds is 3. The van der Waals surface area contributed by atoms with Gasteiger partial charge in [-0.2, -0.15) is 5.26 Å². The fraction of sp³-hybridized carbons (Fsp3) is 0. The maximum atomic E-state index is 8.73. The minimum Gasteiger partial charge on any atom is -0.290 e. The molecule has 2 rings (SSSR count). The van der Waals surface area contributed by atoms with E-state index in [2.05, 4.69) is 11.1 Å². The summed E-state index contributed by atoms with van der Waals surface area (Å²) in [6, 6.07) is 17.1. The first kappa shape index (κ1) is 11.8. The predicted octanol–water partition coefficient (Wildman–Crippen LogP) is 2.86. The first-order chi connectivity index (χ1) is 8.83. The molecule has 0 atom stereocenters. The average molecular weight is 237 g/mol. The zero-order chi connectivity index (χ0) is 12.8. The topological polar surface area (TPSA) is 68.4 Å². The minimum absolute atomic E-state index is 0.647. The van der Waals surface area contributed by atoms with Crippen LogP contribution < -0.4 is 5.48 Å². The van der Waals surface area contributed by atoms with E-state index in [1.54, 1.807) is 12.1 Å². The van der Waals surface area contributed by atoms with Gasteiger partial charge in [-0.15, -0.1) is 0 Å². The number of aliphatic imine (C=N–C) groups is 1. The van der Waals surface area contributed by atoms with Crippen molar-refractivity contribution in [3.63, 3.8) is 0 Å². The van der Waals surface area contributed by atoms with Gasteiger partial charge in [0.15, 0.2) is 0 Å². The van der Waals surface area contributed by atoms with E-state index in [1.165, 1.54) is 6.34 Å². The van der Waals surface area contributed by atoms with E-state index in [-0.39, 0.29) is 0 Å². The molecule has 0 spiro atoms. The number of hydrogen-bond donors (Lipinski definition) is 2. The Kier molecular flexibility index (Phi) is 3.69. The summed E-state index contributed by atoms with van der Waals surface area (Å²) in [7, 11) is 0. The van der Waals surface area contributed by atoms with Crippen LogP contribution in [0.3, 0.4) is 0 Å². The fourth-order valence-corrected chi connectivity index (χ4v) is 1.58. The Bertz CT molecular complexity index is 580. The molecule has 0 unspecified atom stereocenters. The highest BCUT2D eigenvalue weighted by Gasteiger charge is 1.98. The van der Waals surface area contributed by atoms with Crippen LogP contribution in [-0.4, -0.2) is 11.5 Å². The van der Waals surface area contributed by atoms with Gasteiger partial charge in [-0.05, 0) is 35.4 Å². The molecule has 4 heteroatoms. The summed E-state index contributed by atoms with van der Waals surface area (Å²) >= 11 is 0. The average Bonchev–Trinajstić information content (AvgIpc) is 2.46. The maximum Gasteiger partial charge on any atom is 0.113 e. The van der Waals surface area contributed by atoms with Crippen LogP contribution in [0.2, 0.25) is 0 Å². The van der Waals surface area contributed by atoms with E-state index >= 15 is 0 Å². The lowest BCUT2D eigenvalue weighted by atomic mass is 10.0. The Morgan fingerprint density at radius 3 is 2.06 bits per heavy atom. The second kappa shape index (κ2) is 5.62. The number of nitriles is 1. The molecule has 4 nitrogen and oxygen atoms in total. The van der Waals surface area contributed by atoms with Gasteiger partial charge in [0.1, 0.15) is 6.34 Å². The highest BCUT2D eigenvalue weighted by atomic mass is 16.5. The second-order valence-corrected chi connectivity index (χ2v) is 3.62. The lowest BCUT2D eigenvalue weighted by Crippen LogP contribution is -2.00. The summed E-state index contributed by atoms with van der Waals surface area (Å²) in [6.07, 6.45) is 1.21. The van der Waals surface area contributed by atoms with Crippen molar-refractivity contribution in [2.75, 3.05) is 0 Å². The molecule has 0 aliphatic heterocycles. The third-order valence-electron chi connectivity index (χ3n) is 2.49. The van der Waals surface area contributed by atoms with E-state index in [4.69, 9.17) is 10.5 Å². The number of benzene rings is 2. The molecule has 2 aromatic carbocycles. The highest BCUT2D eigenvalue weighted by molar-refractivity contribution is 5.67. The van der Waals surface area contributed by atoms with Gasteiger partial charge in [-0.25, -0.2) is 4.99 Å². The van der Waals surface area contributed by atoms with Crippen LogP contribution in [-0.2, 0) is 0 Å². The molecule has 2 aromatic rings. The number of hydroxylamine groups is 1. The molecule has 0 aliphatic rings. The van der Waals surface area contributed by atoms with Crippen LogP contribution in [0, 0.1) is 11.3 Å². The van der Waals surface area contributed by atoms with Crippen LogP contribution >= 0.6 is 0 Å². The van der Waals surface area contributed by atoms with Crippen LogP contribution in [0.25, 0.3) is 11.1 Å². The minimum atomic E-state index is 0.647. The molecule has 0 heterocycles. The summed E-state index contributed by atoms with van der Waals surface area (Å²) in [4.78, 5) is 3.96. The van der Waals surface area contributed by atoms with Gasteiger partial charge in [0, 0.05) is 0 Å². The van der Waals surface area contributed by atoms with E-state index in [1.807, 2.05) is 41.9 Å². The molecule has 0 saturated heterocycles. The molecular formula is C14H11N3O. The largest absolute Gasteiger partial charge is 0.290 e. The first-order valence-corrected chi connectivity index (χ1v) is 5.36. The Hall–Kier alpha value is -2.64. The molecule has 0 bridgehead atoms. The van der Waals surface area contributed by atoms with Crippen LogP contribution in [0.1, 0.15) is 5.56 Å². The summed E-state index contributed by atoms with van der Waals surface area (Å²) in [5.41, 5.74) is 5.34.